The minimum Gasteiger partial charge on any atom is -0.480 e. The van der Waals surface area contributed by atoms with Crippen LogP contribution in [0.2, 0.25) is 0 Å². The molecule has 1 amide bonds. The normalized spacial score (nSPS) is 17.5. The molecular weight excluding hydrogens is 180 g/mol. The highest BCUT2D eigenvalue weighted by atomic mass is 16.4. The minimum absolute atomic E-state index is 0.526. The van der Waals surface area contributed by atoms with Gasteiger partial charge < -0.3 is 26.8 Å². The Morgan fingerprint density at radius 3 is 2.08 bits per heavy atom. The molecule has 0 aliphatic rings. The lowest BCUT2D eigenvalue weighted by Crippen LogP contribution is -2.49. The van der Waals surface area contributed by atoms with Crippen LogP contribution in [-0.4, -0.2) is 45.4 Å². The number of aliphatic hydroxyl groups excluding tert-OH is 2. The third-order valence-electron chi connectivity index (χ3n) is 1.46. The predicted molar refractivity (Wildman–Crippen MR) is 41.4 cm³/mol. The molecule has 0 fully saturated rings. The summed E-state index contributed by atoms with van der Waals surface area (Å²) < 4.78 is 0. The van der Waals surface area contributed by atoms with Crippen LogP contribution in [0.15, 0.2) is 0 Å². The molecule has 13 heavy (non-hydrogen) atoms. The van der Waals surface area contributed by atoms with Crippen molar-refractivity contribution in [3.8, 4) is 0 Å². The Balaban J connectivity index is 4.16. The number of aliphatic carboxylic acids is 1. The first kappa shape index (κ1) is 11.8. The van der Waals surface area contributed by atoms with Crippen LogP contribution < -0.4 is 11.5 Å². The van der Waals surface area contributed by atoms with E-state index in [2.05, 4.69) is 0 Å². The highest BCUT2D eigenvalue weighted by Crippen LogP contribution is 2.02. The molecule has 0 saturated heterocycles. The van der Waals surface area contributed by atoms with Crippen molar-refractivity contribution < 1.29 is 24.9 Å². The summed E-state index contributed by atoms with van der Waals surface area (Å²) in [5.41, 5.74) is 9.68. The molecule has 0 heterocycles. The Hall–Kier alpha value is -1.18. The molecule has 0 aromatic carbocycles. The lowest BCUT2D eigenvalue weighted by molar-refractivity contribution is -0.144. The van der Waals surface area contributed by atoms with Crippen LogP contribution in [-0.2, 0) is 9.59 Å². The van der Waals surface area contributed by atoms with Gasteiger partial charge in [-0.1, -0.05) is 0 Å². The van der Waals surface area contributed by atoms with Gasteiger partial charge in [-0.2, -0.15) is 0 Å². The monoisotopic (exact) mass is 192 g/mol. The van der Waals surface area contributed by atoms with Crippen LogP contribution >= 0.6 is 0 Å². The topological polar surface area (TPSA) is 147 Å². The zero-order valence-corrected chi connectivity index (χ0v) is 6.75. The largest absolute Gasteiger partial charge is 0.480 e. The van der Waals surface area contributed by atoms with Gasteiger partial charge in [0.2, 0.25) is 5.91 Å². The van der Waals surface area contributed by atoms with E-state index in [0.717, 1.165) is 0 Å². The summed E-state index contributed by atoms with van der Waals surface area (Å²) in [7, 11) is 0. The van der Waals surface area contributed by atoms with Gasteiger partial charge >= 0.3 is 5.97 Å². The van der Waals surface area contributed by atoms with Crippen molar-refractivity contribution in [1.29, 1.82) is 0 Å². The van der Waals surface area contributed by atoms with Gasteiger partial charge in [0.15, 0.2) is 0 Å². The summed E-state index contributed by atoms with van der Waals surface area (Å²) in [5, 5.41) is 26.4. The molecule has 0 bridgehead atoms. The van der Waals surface area contributed by atoms with Crippen molar-refractivity contribution in [2.75, 3.05) is 0 Å². The van der Waals surface area contributed by atoms with E-state index in [4.69, 9.17) is 26.8 Å². The third kappa shape index (κ3) is 3.83. The van der Waals surface area contributed by atoms with Crippen LogP contribution in [0.1, 0.15) is 6.42 Å². The minimum atomic E-state index is -1.70. The van der Waals surface area contributed by atoms with Gasteiger partial charge in [-0.05, 0) is 0 Å². The fourth-order valence-electron chi connectivity index (χ4n) is 0.712. The molecule has 7 nitrogen and oxygen atoms in total. The van der Waals surface area contributed by atoms with Crippen molar-refractivity contribution >= 4 is 11.9 Å². The summed E-state index contributed by atoms with van der Waals surface area (Å²) in [4.78, 5) is 20.5. The number of carboxylic acid groups (broad SMARTS) is 1. The molecule has 7 heteroatoms. The lowest BCUT2D eigenvalue weighted by atomic mass is 10.0. The molecule has 0 aliphatic carbocycles. The second-order valence-corrected chi connectivity index (χ2v) is 2.59. The molecule has 0 aromatic rings. The van der Waals surface area contributed by atoms with Crippen molar-refractivity contribution in [3.05, 3.63) is 0 Å². The molecular formula is C6H12N2O5. The van der Waals surface area contributed by atoms with E-state index in [1.807, 2.05) is 0 Å². The average Bonchev–Trinajstić information content (AvgIpc) is 2.00. The predicted octanol–water partition coefficient (Wildman–Crippen LogP) is -3.00. The highest BCUT2D eigenvalue weighted by molar-refractivity contribution is 5.76. The first-order valence-electron chi connectivity index (χ1n) is 3.49. The summed E-state index contributed by atoms with van der Waals surface area (Å²) in [6.45, 7) is 0. The van der Waals surface area contributed by atoms with Gasteiger partial charge in [0.25, 0.3) is 0 Å². The number of carboxylic acids is 1. The molecule has 0 aliphatic heterocycles. The van der Waals surface area contributed by atoms with Crippen LogP contribution in [0.5, 0.6) is 0 Å². The van der Waals surface area contributed by atoms with Gasteiger partial charge in [-0.25, -0.2) is 0 Å². The summed E-state index contributed by atoms with van der Waals surface area (Å²) in [6.07, 6.45) is -3.78. The van der Waals surface area contributed by atoms with E-state index in [1.165, 1.54) is 0 Å². The molecule has 3 atom stereocenters. The summed E-state index contributed by atoms with van der Waals surface area (Å²) in [6, 6.07) is -1.63. The summed E-state index contributed by atoms with van der Waals surface area (Å²) in [5.74, 6) is -2.31. The maximum absolute atomic E-state index is 10.3. The lowest BCUT2D eigenvalue weighted by Gasteiger charge is -2.19. The number of hydrogen-bond acceptors (Lipinski definition) is 5. The van der Waals surface area contributed by atoms with Crippen molar-refractivity contribution in [2.24, 2.45) is 11.5 Å². The van der Waals surface area contributed by atoms with Gasteiger partial charge in [-0.15, -0.1) is 0 Å². The Morgan fingerprint density at radius 1 is 1.31 bits per heavy atom. The zero-order valence-electron chi connectivity index (χ0n) is 6.75. The average molecular weight is 192 g/mol. The number of rotatable bonds is 5. The second kappa shape index (κ2) is 4.75. The first-order valence-corrected chi connectivity index (χ1v) is 3.49. The second-order valence-electron chi connectivity index (χ2n) is 2.59. The number of aliphatic hydroxyl groups is 2. The number of primary amides is 1. The van der Waals surface area contributed by atoms with Gasteiger partial charge in [-0.3, -0.25) is 9.59 Å². The molecule has 0 saturated carbocycles. The van der Waals surface area contributed by atoms with E-state index in [-0.39, 0.29) is 0 Å². The van der Waals surface area contributed by atoms with Crippen molar-refractivity contribution in [1.82, 2.24) is 0 Å². The van der Waals surface area contributed by atoms with Gasteiger partial charge in [0.1, 0.15) is 12.1 Å². The fraction of sp³-hybridized carbons (Fsp3) is 0.667. The van der Waals surface area contributed by atoms with Crippen LogP contribution in [0, 0.1) is 0 Å². The number of hydrogen-bond donors (Lipinski definition) is 5. The molecule has 0 aromatic heterocycles. The number of carbonyl (C=O) groups is 2. The maximum Gasteiger partial charge on any atom is 0.323 e. The van der Waals surface area contributed by atoms with E-state index >= 15 is 0 Å². The molecule has 7 N–H and O–H groups in total. The van der Waals surface area contributed by atoms with E-state index in [9.17, 15) is 9.59 Å². The van der Waals surface area contributed by atoms with Crippen LogP contribution in [0.4, 0.5) is 0 Å². The molecule has 0 spiro atoms. The quantitative estimate of drug-likeness (QED) is 0.313. The maximum atomic E-state index is 10.3. The van der Waals surface area contributed by atoms with Crippen LogP contribution in [0.25, 0.3) is 0 Å². The third-order valence-corrected chi connectivity index (χ3v) is 1.46. The van der Waals surface area contributed by atoms with Crippen molar-refractivity contribution in [3.63, 3.8) is 0 Å². The van der Waals surface area contributed by atoms with Gasteiger partial charge in [0, 0.05) is 0 Å². The fourth-order valence-corrected chi connectivity index (χ4v) is 0.712. The smallest absolute Gasteiger partial charge is 0.323 e. The van der Waals surface area contributed by atoms with Crippen molar-refractivity contribution in [2.45, 2.75) is 24.7 Å². The van der Waals surface area contributed by atoms with E-state index in [1.54, 1.807) is 0 Å². The Kier molecular flexibility index (Phi) is 4.32. The highest BCUT2D eigenvalue weighted by Gasteiger charge is 2.29. The number of amides is 1. The van der Waals surface area contributed by atoms with E-state index in [0.29, 0.717) is 0 Å². The van der Waals surface area contributed by atoms with E-state index < -0.39 is 36.5 Å². The first-order chi connectivity index (χ1) is 5.86. The summed E-state index contributed by atoms with van der Waals surface area (Å²) >= 11 is 0. The Bertz CT molecular complexity index is 207. The van der Waals surface area contributed by atoms with Crippen LogP contribution in [0.3, 0.4) is 0 Å². The Labute approximate surface area is 73.9 Å². The SMILES string of the molecule is NC(=O)CC(O)C(O)C(N)C(=O)O. The molecule has 0 rings (SSSR count). The Morgan fingerprint density at radius 2 is 1.77 bits per heavy atom. The molecule has 76 valence electrons. The molecule has 0 radical (unpaired) electrons. The standard InChI is InChI=1S/C6H12N2O5/c7-3(10)1-2(9)5(11)4(8)6(12)13/h2,4-5,9,11H,1,8H2,(H2,7,10)(H,12,13). The molecule has 3 unspecified atom stereocenters. The van der Waals surface area contributed by atoms with Gasteiger partial charge in [0.05, 0.1) is 12.5 Å². The number of carbonyl (C=O) groups excluding carboxylic acids is 1. The number of nitrogens with two attached hydrogens (primary N) is 2. The zero-order chi connectivity index (χ0) is 10.6.